The van der Waals surface area contributed by atoms with Crippen LogP contribution in [0.5, 0.6) is 0 Å². The van der Waals surface area contributed by atoms with Gasteiger partial charge >= 0.3 is 30.2 Å². The quantitative estimate of drug-likeness (QED) is 0.00673. The van der Waals surface area contributed by atoms with Gasteiger partial charge in [-0.15, -0.1) is 0 Å². The molecule has 11 rings (SSSR count). The molecule has 21 atom stereocenters. The number of esters is 3. The zero-order valence-corrected chi connectivity index (χ0v) is 85.2. The van der Waals surface area contributed by atoms with E-state index in [1.807, 2.05) is 12.1 Å². The zero-order valence-electron chi connectivity index (χ0n) is 81.9. The Morgan fingerprint density at radius 2 is 1.31 bits per heavy atom. The number of rotatable bonds is 37. The van der Waals surface area contributed by atoms with Crippen molar-refractivity contribution < 1.29 is 130 Å². The molecule has 9 amide bonds. The third-order valence-corrected chi connectivity index (χ3v) is 31.3. The smallest absolute Gasteiger partial charge is 0.455 e. The van der Waals surface area contributed by atoms with Crippen molar-refractivity contribution in [2.45, 2.75) is 253 Å². The van der Waals surface area contributed by atoms with Gasteiger partial charge in [-0.05, 0) is 119 Å². The molecule has 16 N–H and O–H groups in total. The molecule has 2 aliphatic heterocycles. The number of Topliss-reactive ketones (excluding diaryl/α,β-unsaturated/α-hetero) is 1. The summed E-state index contributed by atoms with van der Waals surface area (Å²) in [6.45, 7) is 13.8. The lowest BCUT2D eigenvalue weighted by Gasteiger charge is -2.67. The maximum atomic E-state index is 16.2. The Hall–Kier alpha value is -11.2. The van der Waals surface area contributed by atoms with Gasteiger partial charge in [-0.25, -0.2) is 19.2 Å². The number of carbonyl (C=O) groups is 14. The summed E-state index contributed by atoms with van der Waals surface area (Å²) in [5, 5.41) is 71.5. The van der Waals surface area contributed by atoms with Gasteiger partial charge in [0, 0.05) is 105 Å². The van der Waals surface area contributed by atoms with Crippen molar-refractivity contribution in [2.24, 2.45) is 22.5 Å². The number of hydrogen-bond donors (Lipinski definition) is 15. The minimum atomic E-state index is -2.44. The van der Waals surface area contributed by atoms with Crippen molar-refractivity contribution >= 4 is 137 Å². The number of methoxy groups -OCH3 is 2. The largest absolute Gasteiger partial charge is 0.509 e. The summed E-state index contributed by atoms with van der Waals surface area (Å²) in [7, 11) is 6.85. The standard InChI is InChI=1S/C101H131N11O27S4/c1-56-74(50-101(130)85(137-93(126)63-36-24-16-25-37-63)83-99(10,84(118)81(132-12)78(56)98(101,8)9)75(131-11)49-76-100(83,55-134-76)138-59(4)116)135-94(127)82(80(62-34-22-15-23-35-62)112-95(128)139-97(5,6)7)136-96(129)133-43-45-141-140-44-41-77(117)104-68(46-60-30-18-13-19-31-60)87(120)109-72-53-142-143-54-73(91(124)108-71(52-113)57(2)114)110-92(125)79(58(3)115)111-86(119)67(40-26-17-29-42-102)105-89(122)70(48-64-51-103-66-39-28-27-38-65(64)66)107-88(121)69(106-90(72)123)47-61-32-20-14-21-33-61/h13-16,18-25,27-28,30-39,51,57-58,67-76,79-83,85,103,113-115,130H,17,26,29,40-50,52-55,102H2,1-12H3,(H,104,117)(H,105,122)(H,106,123)(H,107,121)(H,108,124)(H,109,120)(H,110,125)(H,111,119)(H,112,128)/t57-,58-,67+,68-,69+,70-,71-,72+,73+,74+,75+,76-,79+,80+,81-,82-,83+,85+,99-,100+,101-/m1/s1. The molecule has 2 saturated carbocycles. The monoisotopic (exact) mass is 2060 g/mol. The molecule has 0 unspecified atom stereocenters. The molecule has 4 fully saturated rings. The second kappa shape index (κ2) is 51.1. The number of ketones is 1. The first kappa shape index (κ1) is 112. The molecule has 1 aromatic heterocycles. The van der Waals surface area contributed by atoms with E-state index in [0.717, 1.165) is 32.4 Å². The number of hydrogen-bond acceptors (Lipinski definition) is 32. The highest BCUT2D eigenvalue weighted by atomic mass is 33.1. The Morgan fingerprint density at radius 3 is 1.93 bits per heavy atom. The number of nitrogens with two attached hydrogens (primary N) is 1. The number of fused-ring (bicyclic) bond motifs is 6. The van der Waals surface area contributed by atoms with E-state index >= 15 is 28.8 Å². The summed E-state index contributed by atoms with van der Waals surface area (Å²) >= 11 is 0. The van der Waals surface area contributed by atoms with E-state index in [2.05, 4.69) is 52.8 Å². The average Bonchev–Trinajstić information content (AvgIpc) is 0.729. The van der Waals surface area contributed by atoms with Crippen LogP contribution in [0.3, 0.4) is 0 Å². The molecule has 5 aromatic carbocycles. The molecule has 42 heteroatoms. The fourth-order valence-electron chi connectivity index (χ4n) is 19.0. The molecule has 0 radical (unpaired) electrons. The fourth-order valence-corrected chi connectivity index (χ4v) is 23.1. The Balaban J connectivity index is 0.831. The molecule has 2 saturated heterocycles. The van der Waals surface area contributed by atoms with Crippen LogP contribution >= 0.6 is 43.2 Å². The topological polar surface area (TPSA) is 553 Å². The highest BCUT2D eigenvalue weighted by Gasteiger charge is 2.78. The number of H-pyrrole nitrogens is 1. The highest BCUT2D eigenvalue weighted by Crippen LogP contribution is 2.65. The number of unbranched alkanes of at least 4 members (excludes halogenated alkanes) is 2. The molecule has 776 valence electrons. The number of alkyl carbamates (subject to hydrolysis) is 1. The van der Waals surface area contributed by atoms with E-state index in [1.165, 1.54) is 70.1 Å². The van der Waals surface area contributed by atoms with Crippen molar-refractivity contribution in [1.29, 1.82) is 0 Å². The minimum absolute atomic E-state index is 0.0134. The van der Waals surface area contributed by atoms with Crippen LogP contribution in [-0.2, 0) is 115 Å². The van der Waals surface area contributed by atoms with Crippen LogP contribution in [0, 0.1) is 16.7 Å². The highest BCUT2D eigenvalue weighted by molar-refractivity contribution is 8.77. The predicted octanol–water partition coefficient (Wildman–Crippen LogP) is 6.26. The van der Waals surface area contributed by atoms with Crippen LogP contribution in [0.25, 0.3) is 10.9 Å². The molecular formula is C101H131N11O27S4. The van der Waals surface area contributed by atoms with Crippen molar-refractivity contribution in [3.63, 3.8) is 0 Å². The summed E-state index contributed by atoms with van der Waals surface area (Å²) < 4.78 is 55.4. The first-order valence-corrected chi connectivity index (χ1v) is 52.5. The van der Waals surface area contributed by atoms with E-state index < -0.39 is 240 Å². The SMILES string of the molecule is CO[C@H]1C(=O)[C@]2(C)[C@@H](OC)C[C@H]3OC[C@@]3(OC(C)=O)[C@H]2[C@H](OC(=O)c2ccccc2)[C@]2(O)C[C@H](OC(=O)[C@H](OC(=O)OCCSSCCC(=O)N[C@H](Cc3ccccc3)C(=O)N[C@H]3CSSC[C@@H](C(=O)N[C@H](CO)[C@@H](C)O)NC(=O)[C@H]([C@@H](C)O)NC(=O)[C@H](CCCCCN)NC(=O)[C@@H](Cc4c[nH]c5ccccc45)NC(=O)[C@H](Cc4ccccc4)NC3=O)[C@@H](NC(=O)OC(C)(C)C)c3ccccc3)C(C)=C1C2(C)C. The number of aromatic nitrogens is 1. The van der Waals surface area contributed by atoms with Gasteiger partial charge in [0.25, 0.3) is 0 Å². The molecule has 0 spiro atoms. The third kappa shape index (κ3) is 28.1. The molecule has 2 bridgehead atoms. The Bertz CT molecular complexity index is 5470. The number of ether oxygens (including phenoxy) is 9. The number of nitrogens with one attached hydrogen (secondary N) is 10. The number of aromatic amines is 1. The van der Waals surface area contributed by atoms with Crippen molar-refractivity contribution in [2.75, 3.05) is 63.6 Å². The van der Waals surface area contributed by atoms with Gasteiger partial charge in [0.1, 0.15) is 90.6 Å². The van der Waals surface area contributed by atoms with Crippen LogP contribution in [0.1, 0.15) is 153 Å². The van der Waals surface area contributed by atoms with Gasteiger partial charge in [-0.1, -0.05) is 197 Å². The van der Waals surface area contributed by atoms with E-state index in [4.69, 9.17) is 48.4 Å². The van der Waals surface area contributed by atoms with Crippen molar-refractivity contribution in [1.82, 2.24) is 52.8 Å². The average molecular weight is 2060 g/mol. The number of benzene rings is 5. The summed E-state index contributed by atoms with van der Waals surface area (Å²) in [5.74, 6) is -12.8. The Labute approximate surface area is 845 Å². The third-order valence-electron chi connectivity index (χ3n) is 26.5. The van der Waals surface area contributed by atoms with Crippen LogP contribution < -0.4 is 53.6 Å². The Kier molecular flexibility index (Phi) is 40.1. The second-order valence-corrected chi connectivity index (χ2v) is 43.2. The predicted molar refractivity (Wildman–Crippen MR) is 534 cm³/mol. The summed E-state index contributed by atoms with van der Waals surface area (Å²) in [4.78, 5) is 211. The van der Waals surface area contributed by atoms with E-state index in [-0.39, 0.29) is 90.4 Å². The van der Waals surface area contributed by atoms with Crippen LogP contribution in [0.2, 0.25) is 0 Å². The first-order chi connectivity index (χ1) is 68.1. The molecule has 6 aromatic rings. The lowest BCUT2D eigenvalue weighted by Crippen LogP contribution is -2.82. The fraction of sp³-hybridized carbons (Fsp3) is 0.525. The number of aliphatic hydroxyl groups is 4. The Morgan fingerprint density at radius 1 is 0.692 bits per heavy atom. The van der Waals surface area contributed by atoms with Crippen LogP contribution in [0.4, 0.5) is 9.59 Å². The van der Waals surface area contributed by atoms with Gasteiger partial charge in [0.2, 0.25) is 53.4 Å². The van der Waals surface area contributed by atoms with Crippen LogP contribution in [-0.4, -0.2) is 286 Å². The minimum Gasteiger partial charge on any atom is -0.455 e. The molecule has 38 nitrogen and oxygen atoms in total. The molecule has 3 heterocycles. The maximum Gasteiger partial charge on any atom is 0.509 e. The maximum absolute atomic E-state index is 16.2. The van der Waals surface area contributed by atoms with E-state index in [9.17, 15) is 58.8 Å². The van der Waals surface area contributed by atoms with Gasteiger partial charge < -0.3 is 122 Å². The van der Waals surface area contributed by atoms with Gasteiger partial charge in [0.15, 0.2) is 11.4 Å². The molecular weight excluding hydrogens is 1930 g/mol. The van der Waals surface area contributed by atoms with Gasteiger partial charge in [-0.3, -0.25) is 47.9 Å². The number of para-hydroxylation sites is 1. The zero-order chi connectivity index (χ0) is 104. The summed E-state index contributed by atoms with van der Waals surface area (Å²) in [5.41, 5.74) is 0.00128. The van der Waals surface area contributed by atoms with E-state index in [1.54, 1.807) is 164 Å². The molecule has 3 aliphatic carbocycles. The lowest BCUT2D eigenvalue weighted by atomic mass is 9.44. The number of aliphatic hydroxyl groups excluding tert-OH is 3. The molecule has 5 aliphatic rings. The van der Waals surface area contributed by atoms with Crippen LogP contribution in [0.15, 0.2) is 163 Å². The van der Waals surface area contributed by atoms with Gasteiger partial charge in [0.05, 0.1) is 54.5 Å². The number of amides is 9. The lowest BCUT2D eigenvalue weighted by molar-refractivity contribution is -0.347. The normalized spacial score (nSPS) is 26.2. The first-order valence-electron chi connectivity index (χ1n) is 47.5. The summed E-state index contributed by atoms with van der Waals surface area (Å²) in [6, 6.07) is 26.6. The second-order valence-electron chi connectivity index (χ2n) is 37.9. The van der Waals surface area contributed by atoms with Crippen molar-refractivity contribution in [3.05, 3.63) is 191 Å². The number of carbonyl (C=O) groups excluding carboxylic acids is 14. The van der Waals surface area contributed by atoms with Crippen molar-refractivity contribution in [3.8, 4) is 0 Å². The summed E-state index contributed by atoms with van der Waals surface area (Å²) in [6.07, 6.45) is -12.9. The van der Waals surface area contributed by atoms with Gasteiger partial charge in [-0.2, -0.15) is 0 Å². The van der Waals surface area contributed by atoms with E-state index in [0.29, 0.717) is 53.4 Å². The molecule has 143 heavy (non-hydrogen) atoms.